The van der Waals surface area contributed by atoms with Crippen LogP contribution < -0.4 is 5.32 Å². The van der Waals surface area contributed by atoms with Crippen molar-refractivity contribution < 1.29 is 0 Å². The fourth-order valence-corrected chi connectivity index (χ4v) is 3.30. The van der Waals surface area contributed by atoms with Crippen molar-refractivity contribution in [1.82, 2.24) is 14.7 Å². The number of fused-ring (bicyclic) bond motifs is 1. The van der Waals surface area contributed by atoms with Gasteiger partial charge in [0.05, 0.1) is 5.52 Å². The summed E-state index contributed by atoms with van der Waals surface area (Å²) in [5, 5.41) is 9.50. The van der Waals surface area contributed by atoms with Gasteiger partial charge in [0.25, 0.3) is 0 Å². The summed E-state index contributed by atoms with van der Waals surface area (Å²) in [7, 11) is 0. The van der Waals surface area contributed by atoms with Crippen LogP contribution in [-0.2, 0) is 6.54 Å². The second kappa shape index (κ2) is 7.63. The maximum atomic E-state index is 4.80. The number of benzene rings is 1. The van der Waals surface area contributed by atoms with Crippen molar-refractivity contribution in [3.8, 4) is 0 Å². The van der Waals surface area contributed by atoms with E-state index in [1.807, 2.05) is 0 Å². The first kappa shape index (κ1) is 15.3. The monoisotopic (exact) mass is 300 g/mol. The van der Waals surface area contributed by atoms with E-state index >= 15 is 0 Å². The first-order valence-corrected chi connectivity index (χ1v) is 8.80. The fraction of sp³-hybridized carbons (Fsp3) is 0.611. The Labute approximate surface area is 133 Å². The average molecular weight is 300 g/mol. The molecule has 4 heteroatoms. The van der Waals surface area contributed by atoms with E-state index in [4.69, 9.17) is 5.10 Å². The number of rotatable bonds is 7. The Balaban J connectivity index is 1.64. The lowest BCUT2D eigenvalue weighted by Gasteiger charge is -2.26. The molecule has 0 atom stereocenters. The Bertz CT molecular complexity index is 584. The molecule has 1 fully saturated rings. The minimum Gasteiger partial charge on any atom is -0.368 e. The van der Waals surface area contributed by atoms with Gasteiger partial charge in [0.2, 0.25) is 0 Å². The molecule has 1 aliphatic rings. The van der Waals surface area contributed by atoms with Gasteiger partial charge in [0.1, 0.15) is 0 Å². The molecular weight excluding hydrogens is 272 g/mol. The van der Waals surface area contributed by atoms with Gasteiger partial charge in [-0.2, -0.15) is 5.10 Å². The topological polar surface area (TPSA) is 33.1 Å². The highest BCUT2D eigenvalue weighted by molar-refractivity contribution is 5.90. The molecule has 22 heavy (non-hydrogen) atoms. The minimum absolute atomic E-state index is 0.981. The molecule has 2 aromatic rings. The highest BCUT2D eigenvalue weighted by Gasteiger charge is 2.11. The van der Waals surface area contributed by atoms with Crippen LogP contribution in [0.25, 0.3) is 10.9 Å². The Hall–Kier alpha value is -1.55. The van der Waals surface area contributed by atoms with Crippen LogP contribution in [0.4, 0.5) is 5.82 Å². The molecule has 120 valence electrons. The number of aromatic nitrogens is 2. The van der Waals surface area contributed by atoms with Crippen LogP contribution >= 0.6 is 0 Å². The maximum absolute atomic E-state index is 4.80. The molecule has 1 aromatic heterocycles. The van der Waals surface area contributed by atoms with Gasteiger partial charge in [-0.15, -0.1) is 0 Å². The van der Waals surface area contributed by atoms with Crippen LogP contribution in [0, 0.1) is 0 Å². The third-order valence-corrected chi connectivity index (χ3v) is 4.49. The Morgan fingerprint density at radius 3 is 2.73 bits per heavy atom. The second-order valence-corrected chi connectivity index (χ2v) is 6.27. The summed E-state index contributed by atoms with van der Waals surface area (Å²) in [6, 6.07) is 8.55. The molecule has 4 nitrogen and oxygen atoms in total. The molecular formula is C18H28N4. The van der Waals surface area contributed by atoms with E-state index in [2.05, 4.69) is 46.1 Å². The number of nitrogens with one attached hydrogen (secondary N) is 1. The van der Waals surface area contributed by atoms with Gasteiger partial charge in [-0.1, -0.05) is 25.5 Å². The highest BCUT2D eigenvalue weighted by Crippen LogP contribution is 2.23. The summed E-state index contributed by atoms with van der Waals surface area (Å²) < 4.78 is 2.18. The van der Waals surface area contributed by atoms with E-state index in [1.165, 1.54) is 56.2 Å². The van der Waals surface area contributed by atoms with Crippen molar-refractivity contribution in [2.75, 3.05) is 31.5 Å². The van der Waals surface area contributed by atoms with Crippen molar-refractivity contribution in [2.24, 2.45) is 0 Å². The number of nitrogens with zero attached hydrogens (tertiary/aromatic N) is 3. The molecule has 1 aliphatic heterocycles. The van der Waals surface area contributed by atoms with Crippen LogP contribution in [0.3, 0.4) is 0 Å². The predicted molar refractivity (Wildman–Crippen MR) is 93.4 cm³/mol. The van der Waals surface area contributed by atoms with Crippen molar-refractivity contribution in [2.45, 2.75) is 45.6 Å². The number of likely N-dealkylation sites (tertiary alicyclic amines) is 1. The summed E-state index contributed by atoms with van der Waals surface area (Å²) in [5.74, 6) is 1.04. The third-order valence-electron chi connectivity index (χ3n) is 4.49. The molecule has 1 saturated heterocycles. The van der Waals surface area contributed by atoms with E-state index in [0.717, 1.165) is 25.3 Å². The average Bonchev–Trinajstić information content (AvgIpc) is 2.92. The van der Waals surface area contributed by atoms with Crippen molar-refractivity contribution in [3.05, 3.63) is 24.3 Å². The molecule has 0 saturated carbocycles. The quantitative estimate of drug-likeness (QED) is 0.845. The highest BCUT2D eigenvalue weighted by atomic mass is 15.3. The Morgan fingerprint density at radius 1 is 1.09 bits per heavy atom. The van der Waals surface area contributed by atoms with Gasteiger partial charge in [-0.25, -0.2) is 0 Å². The van der Waals surface area contributed by atoms with Crippen LogP contribution in [0.2, 0.25) is 0 Å². The third kappa shape index (κ3) is 3.61. The summed E-state index contributed by atoms with van der Waals surface area (Å²) in [6.45, 7) is 7.93. The zero-order chi connectivity index (χ0) is 15.2. The van der Waals surface area contributed by atoms with Crippen LogP contribution in [0.15, 0.2) is 24.3 Å². The van der Waals surface area contributed by atoms with E-state index in [1.54, 1.807) is 0 Å². The van der Waals surface area contributed by atoms with Crippen LogP contribution in [0.1, 0.15) is 39.0 Å². The van der Waals surface area contributed by atoms with E-state index in [9.17, 15) is 0 Å². The fourth-order valence-electron chi connectivity index (χ4n) is 3.30. The van der Waals surface area contributed by atoms with Crippen molar-refractivity contribution in [1.29, 1.82) is 0 Å². The van der Waals surface area contributed by atoms with E-state index in [0.29, 0.717) is 0 Å². The Kier molecular flexibility index (Phi) is 5.33. The van der Waals surface area contributed by atoms with Crippen molar-refractivity contribution in [3.63, 3.8) is 0 Å². The molecule has 2 heterocycles. The molecule has 0 amide bonds. The number of aryl methyl sites for hydroxylation is 1. The van der Waals surface area contributed by atoms with Crippen LogP contribution in [0.5, 0.6) is 0 Å². The number of piperidine rings is 1. The number of para-hydroxylation sites is 1. The Morgan fingerprint density at radius 2 is 1.91 bits per heavy atom. The maximum Gasteiger partial charge on any atom is 0.155 e. The molecule has 0 aliphatic carbocycles. The second-order valence-electron chi connectivity index (χ2n) is 6.27. The molecule has 0 unspecified atom stereocenters. The van der Waals surface area contributed by atoms with E-state index < -0.39 is 0 Å². The standard InChI is InChI=1S/C18H28N4/c1-2-11-19-18-16-9-4-5-10-17(16)22(20-18)15-8-14-21-12-6-3-7-13-21/h4-5,9-10H,2-3,6-8,11-15H2,1H3,(H,19,20). The summed E-state index contributed by atoms with van der Waals surface area (Å²) >= 11 is 0. The first-order chi connectivity index (χ1) is 10.9. The zero-order valence-corrected chi connectivity index (χ0v) is 13.7. The summed E-state index contributed by atoms with van der Waals surface area (Å²) in [4.78, 5) is 2.60. The van der Waals surface area contributed by atoms with E-state index in [-0.39, 0.29) is 0 Å². The molecule has 1 aromatic carbocycles. The number of hydrogen-bond donors (Lipinski definition) is 1. The summed E-state index contributed by atoms with van der Waals surface area (Å²) in [6.07, 6.45) is 6.45. The molecule has 3 rings (SSSR count). The predicted octanol–water partition coefficient (Wildman–Crippen LogP) is 3.73. The van der Waals surface area contributed by atoms with Gasteiger partial charge < -0.3 is 10.2 Å². The largest absolute Gasteiger partial charge is 0.368 e. The zero-order valence-electron chi connectivity index (χ0n) is 13.7. The van der Waals surface area contributed by atoms with Gasteiger partial charge in [-0.05, 0) is 57.5 Å². The lowest BCUT2D eigenvalue weighted by molar-refractivity contribution is 0.222. The van der Waals surface area contributed by atoms with Gasteiger partial charge in [0.15, 0.2) is 5.82 Å². The van der Waals surface area contributed by atoms with Gasteiger partial charge in [0, 0.05) is 18.5 Å². The molecule has 0 bridgehead atoms. The molecule has 0 radical (unpaired) electrons. The molecule has 1 N–H and O–H groups in total. The lowest BCUT2D eigenvalue weighted by Crippen LogP contribution is -2.31. The lowest BCUT2D eigenvalue weighted by atomic mass is 10.1. The normalized spacial score (nSPS) is 16.2. The number of anilines is 1. The minimum atomic E-state index is 0.981. The van der Waals surface area contributed by atoms with Crippen LogP contribution in [-0.4, -0.2) is 40.9 Å². The molecule has 0 spiro atoms. The van der Waals surface area contributed by atoms with Gasteiger partial charge in [-0.3, -0.25) is 4.68 Å². The van der Waals surface area contributed by atoms with Gasteiger partial charge >= 0.3 is 0 Å². The first-order valence-electron chi connectivity index (χ1n) is 8.80. The SMILES string of the molecule is CCCNc1nn(CCCN2CCCCC2)c2ccccc12. The smallest absolute Gasteiger partial charge is 0.155 e. The summed E-state index contributed by atoms with van der Waals surface area (Å²) in [5.41, 5.74) is 1.25. The number of hydrogen-bond acceptors (Lipinski definition) is 3. The van der Waals surface area contributed by atoms with Crippen molar-refractivity contribution >= 4 is 16.7 Å².